The fourth-order valence-electron chi connectivity index (χ4n) is 2.21. The van der Waals surface area contributed by atoms with Gasteiger partial charge in [0.25, 0.3) is 0 Å². The molecule has 0 saturated carbocycles. The Bertz CT molecular complexity index is 487. The molecular weight excluding hydrogens is 254 g/mol. The van der Waals surface area contributed by atoms with Crippen LogP contribution in [0.4, 0.5) is 5.82 Å². The van der Waals surface area contributed by atoms with Crippen molar-refractivity contribution in [1.29, 1.82) is 0 Å². The number of nitrogens with two attached hydrogens (primary N) is 1. The van der Waals surface area contributed by atoms with Crippen molar-refractivity contribution in [2.75, 3.05) is 11.9 Å². The Morgan fingerprint density at radius 1 is 1.30 bits per heavy atom. The van der Waals surface area contributed by atoms with E-state index in [0.717, 1.165) is 30.5 Å². The van der Waals surface area contributed by atoms with E-state index in [9.17, 15) is 0 Å². The first kappa shape index (κ1) is 16.2. The highest BCUT2D eigenvalue weighted by Crippen LogP contribution is 2.25. The largest absolute Gasteiger partial charge is 0.409 e. The molecule has 1 aromatic heterocycles. The van der Waals surface area contributed by atoms with Gasteiger partial charge in [0, 0.05) is 13.1 Å². The summed E-state index contributed by atoms with van der Waals surface area (Å²) in [4.78, 5) is 2.03. The summed E-state index contributed by atoms with van der Waals surface area (Å²) in [5.41, 5.74) is 8.48. The van der Waals surface area contributed by atoms with Crippen LogP contribution < -0.4 is 10.6 Å². The third kappa shape index (κ3) is 3.00. The standard InChI is InChI=1S/C14H25N5O/c1-6-9(4)19(5)14-12(13(15)18-20)10(7-2)11(8-3)16-17-14/h9,20H,6-8H2,1-5H3,(H2,15,18). The number of rotatable bonds is 6. The molecule has 0 spiro atoms. The smallest absolute Gasteiger partial charge is 0.174 e. The van der Waals surface area contributed by atoms with Crippen LogP contribution >= 0.6 is 0 Å². The number of amidine groups is 1. The molecule has 1 atom stereocenters. The van der Waals surface area contributed by atoms with Gasteiger partial charge in [0.05, 0.1) is 11.3 Å². The molecule has 3 N–H and O–H groups in total. The van der Waals surface area contributed by atoms with Gasteiger partial charge in [-0.05, 0) is 31.7 Å². The van der Waals surface area contributed by atoms with Crippen LogP contribution in [0, 0.1) is 0 Å². The zero-order chi connectivity index (χ0) is 15.3. The van der Waals surface area contributed by atoms with Gasteiger partial charge < -0.3 is 15.8 Å². The molecule has 0 saturated heterocycles. The van der Waals surface area contributed by atoms with Crippen molar-refractivity contribution >= 4 is 11.7 Å². The molecule has 0 aromatic carbocycles. The maximum atomic E-state index is 9.07. The number of hydrogen-bond acceptors (Lipinski definition) is 5. The molecule has 1 aromatic rings. The average molecular weight is 279 g/mol. The van der Waals surface area contributed by atoms with Crippen molar-refractivity contribution < 1.29 is 5.21 Å². The van der Waals surface area contributed by atoms with Crippen molar-refractivity contribution in [1.82, 2.24) is 10.2 Å². The average Bonchev–Trinajstić information content (AvgIpc) is 2.50. The van der Waals surface area contributed by atoms with Crippen LogP contribution in [-0.2, 0) is 12.8 Å². The van der Waals surface area contributed by atoms with E-state index in [1.54, 1.807) is 0 Å². The molecule has 1 heterocycles. The summed E-state index contributed by atoms with van der Waals surface area (Å²) in [5.74, 6) is 0.764. The second kappa shape index (κ2) is 7.07. The first-order valence-corrected chi connectivity index (χ1v) is 7.10. The van der Waals surface area contributed by atoms with E-state index in [0.29, 0.717) is 17.4 Å². The molecule has 1 unspecified atom stereocenters. The van der Waals surface area contributed by atoms with Gasteiger partial charge in [-0.15, -0.1) is 5.10 Å². The highest BCUT2D eigenvalue weighted by atomic mass is 16.4. The molecular formula is C14H25N5O. The van der Waals surface area contributed by atoms with Crippen LogP contribution in [0.25, 0.3) is 0 Å². The van der Waals surface area contributed by atoms with E-state index in [2.05, 4.69) is 29.2 Å². The maximum Gasteiger partial charge on any atom is 0.174 e. The Morgan fingerprint density at radius 2 is 1.95 bits per heavy atom. The summed E-state index contributed by atoms with van der Waals surface area (Å²) in [6.07, 6.45) is 2.52. The molecule has 6 nitrogen and oxygen atoms in total. The molecule has 0 aliphatic rings. The maximum absolute atomic E-state index is 9.07. The van der Waals surface area contributed by atoms with Crippen LogP contribution in [0.1, 0.15) is 50.9 Å². The van der Waals surface area contributed by atoms with E-state index in [-0.39, 0.29) is 5.84 Å². The fraction of sp³-hybridized carbons (Fsp3) is 0.643. The molecule has 6 heteroatoms. The first-order valence-electron chi connectivity index (χ1n) is 7.10. The summed E-state index contributed by atoms with van der Waals surface area (Å²) in [6.45, 7) is 8.28. The Morgan fingerprint density at radius 3 is 2.40 bits per heavy atom. The van der Waals surface area contributed by atoms with Gasteiger partial charge in [0.2, 0.25) is 0 Å². The van der Waals surface area contributed by atoms with Crippen LogP contribution in [0.15, 0.2) is 5.16 Å². The minimum absolute atomic E-state index is 0.0941. The lowest BCUT2D eigenvalue weighted by Crippen LogP contribution is -2.33. The van der Waals surface area contributed by atoms with Crippen LogP contribution in [0.2, 0.25) is 0 Å². The number of nitrogens with zero attached hydrogens (tertiary/aromatic N) is 4. The number of aromatic nitrogens is 2. The molecule has 20 heavy (non-hydrogen) atoms. The lowest BCUT2D eigenvalue weighted by molar-refractivity contribution is 0.318. The summed E-state index contributed by atoms with van der Waals surface area (Å²) in [7, 11) is 1.96. The molecule has 0 fully saturated rings. The van der Waals surface area contributed by atoms with Crippen molar-refractivity contribution in [2.45, 2.75) is 53.0 Å². The van der Waals surface area contributed by atoms with Gasteiger partial charge in [-0.3, -0.25) is 0 Å². The third-order valence-electron chi connectivity index (χ3n) is 3.78. The molecule has 112 valence electrons. The molecule has 0 bridgehead atoms. The van der Waals surface area contributed by atoms with Gasteiger partial charge in [-0.1, -0.05) is 25.9 Å². The Kier molecular flexibility index (Phi) is 5.73. The number of oxime groups is 1. The highest BCUT2D eigenvalue weighted by molar-refractivity contribution is 6.03. The van der Waals surface area contributed by atoms with Crippen LogP contribution in [0.3, 0.4) is 0 Å². The van der Waals surface area contributed by atoms with E-state index >= 15 is 0 Å². The summed E-state index contributed by atoms with van der Waals surface area (Å²) < 4.78 is 0. The van der Waals surface area contributed by atoms with Gasteiger partial charge in [-0.25, -0.2) is 0 Å². The molecule has 1 rings (SSSR count). The summed E-state index contributed by atoms with van der Waals surface area (Å²) >= 11 is 0. The van der Waals surface area contributed by atoms with Crippen molar-refractivity contribution in [3.05, 3.63) is 16.8 Å². The number of hydrogen-bond donors (Lipinski definition) is 2. The zero-order valence-electron chi connectivity index (χ0n) is 13.0. The van der Waals surface area contributed by atoms with Crippen molar-refractivity contribution in [3.63, 3.8) is 0 Å². The molecule has 0 radical (unpaired) electrons. The molecule has 0 aliphatic carbocycles. The number of aryl methyl sites for hydroxylation is 1. The highest BCUT2D eigenvalue weighted by Gasteiger charge is 2.22. The topological polar surface area (TPSA) is 87.6 Å². The predicted octanol–water partition coefficient (Wildman–Crippen LogP) is 1.93. The first-order chi connectivity index (χ1) is 9.51. The fourth-order valence-corrected chi connectivity index (χ4v) is 2.21. The second-order valence-corrected chi connectivity index (χ2v) is 4.88. The quantitative estimate of drug-likeness (QED) is 0.359. The lowest BCUT2D eigenvalue weighted by atomic mass is 10.0. The monoisotopic (exact) mass is 279 g/mol. The Balaban J connectivity index is 3.52. The van der Waals surface area contributed by atoms with E-state index in [4.69, 9.17) is 10.9 Å². The minimum Gasteiger partial charge on any atom is -0.409 e. The lowest BCUT2D eigenvalue weighted by Gasteiger charge is -2.27. The second-order valence-electron chi connectivity index (χ2n) is 4.88. The zero-order valence-corrected chi connectivity index (χ0v) is 13.0. The van der Waals surface area contributed by atoms with E-state index in [1.807, 2.05) is 25.8 Å². The van der Waals surface area contributed by atoms with Crippen LogP contribution in [-0.4, -0.2) is 34.3 Å². The predicted molar refractivity (Wildman–Crippen MR) is 81.5 cm³/mol. The van der Waals surface area contributed by atoms with Gasteiger partial charge in [0.15, 0.2) is 11.7 Å². The third-order valence-corrected chi connectivity index (χ3v) is 3.78. The minimum atomic E-state index is 0.0941. The van der Waals surface area contributed by atoms with E-state index < -0.39 is 0 Å². The SMILES string of the molecule is CCc1nnc(N(C)C(C)CC)c(C(N)=NO)c1CC. The Labute approximate surface area is 120 Å². The van der Waals surface area contributed by atoms with Crippen LogP contribution in [0.5, 0.6) is 0 Å². The van der Waals surface area contributed by atoms with Crippen molar-refractivity contribution in [3.8, 4) is 0 Å². The number of anilines is 1. The van der Waals surface area contributed by atoms with Gasteiger partial charge >= 0.3 is 0 Å². The van der Waals surface area contributed by atoms with Gasteiger partial charge in [-0.2, -0.15) is 5.10 Å². The molecule has 0 amide bonds. The van der Waals surface area contributed by atoms with Crippen molar-refractivity contribution in [2.24, 2.45) is 10.9 Å². The Hall–Kier alpha value is -1.85. The summed E-state index contributed by atoms with van der Waals surface area (Å²) in [6, 6.07) is 0.298. The van der Waals surface area contributed by atoms with Gasteiger partial charge in [0.1, 0.15) is 0 Å². The van der Waals surface area contributed by atoms with E-state index in [1.165, 1.54) is 0 Å². The molecule has 0 aliphatic heterocycles. The summed E-state index contributed by atoms with van der Waals surface area (Å²) in [5, 5.41) is 20.8. The normalized spacial score (nSPS) is 13.3.